The summed E-state index contributed by atoms with van der Waals surface area (Å²) < 4.78 is 27.4. The van der Waals surface area contributed by atoms with Crippen molar-refractivity contribution >= 4 is 33.3 Å². The number of halogens is 1. The van der Waals surface area contributed by atoms with Crippen molar-refractivity contribution in [2.45, 2.75) is 11.8 Å². The van der Waals surface area contributed by atoms with Crippen LogP contribution in [0.2, 0.25) is 5.02 Å². The van der Waals surface area contributed by atoms with E-state index in [0.717, 1.165) is 5.56 Å². The number of hydrogen-bond donors (Lipinski definition) is 2. The van der Waals surface area contributed by atoms with Crippen molar-refractivity contribution in [3.8, 4) is 11.1 Å². The molecule has 0 radical (unpaired) electrons. The Hall–Kier alpha value is -2.71. The lowest BCUT2D eigenvalue weighted by Gasteiger charge is -2.12. The minimum absolute atomic E-state index is 0.0449. The summed E-state index contributed by atoms with van der Waals surface area (Å²) in [7, 11) is -3.80. The highest BCUT2D eigenvalue weighted by Gasteiger charge is 2.17. The number of sulfonamides is 1. The van der Waals surface area contributed by atoms with E-state index in [2.05, 4.69) is 19.7 Å². The van der Waals surface area contributed by atoms with E-state index in [9.17, 15) is 8.42 Å². The number of anilines is 2. The van der Waals surface area contributed by atoms with E-state index in [-0.39, 0.29) is 21.6 Å². The van der Waals surface area contributed by atoms with Crippen LogP contribution in [0.5, 0.6) is 0 Å². The zero-order valence-electron chi connectivity index (χ0n) is 13.1. The average molecular weight is 376 g/mol. The second-order valence-electron chi connectivity index (χ2n) is 5.22. The van der Waals surface area contributed by atoms with Gasteiger partial charge in [0.2, 0.25) is 5.95 Å². The summed E-state index contributed by atoms with van der Waals surface area (Å²) in [6, 6.07) is 7.98. The second-order valence-corrected chi connectivity index (χ2v) is 7.31. The van der Waals surface area contributed by atoms with Gasteiger partial charge in [0.05, 0.1) is 16.4 Å². The van der Waals surface area contributed by atoms with Gasteiger partial charge in [0, 0.05) is 24.2 Å². The highest BCUT2D eigenvalue weighted by Crippen LogP contribution is 2.31. The number of benzene rings is 1. The molecule has 1 aromatic carbocycles. The minimum Gasteiger partial charge on any atom is -0.368 e. The lowest BCUT2D eigenvalue weighted by Crippen LogP contribution is -2.13. The molecule has 3 aromatic rings. The van der Waals surface area contributed by atoms with Crippen molar-refractivity contribution in [1.29, 1.82) is 0 Å². The number of pyridine rings is 1. The van der Waals surface area contributed by atoms with E-state index in [1.54, 1.807) is 37.4 Å². The molecule has 7 nitrogen and oxygen atoms in total. The summed E-state index contributed by atoms with van der Waals surface area (Å²) in [5.41, 5.74) is 7.94. The fraction of sp³-hybridized carbons (Fsp3) is 0.0625. The molecule has 0 unspecified atom stereocenters. The third kappa shape index (κ3) is 3.70. The molecule has 0 fully saturated rings. The van der Waals surface area contributed by atoms with Crippen molar-refractivity contribution in [2.75, 3.05) is 10.5 Å². The van der Waals surface area contributed by atoms with Crippen LogP contribution in [-0.2, 0) is 10.0 Å². The third-order valence-corrected chi connectivity index (χ3v) is 5.14. The first kappa shape index (κ1) is 17.1. The predicted octanol–water partition coefficient (Wildman–Crippen LogP) is 2.88. The third-order valence-electron chi connectivity index (χ3n) is 3.46. The molecule has 0 aliphatic rings. The number of nitrogens with two attached hydrogens (primary N) is 1. The van der Waals surface area contributed by atoms with Gasteiger partial charge in [-0.05, 0) is 36.8 Å². The number of nitrogen functional groups attached to an aromatic ring is 1. The van der Waals surface area contributed by atoms with Gasteiger partial charge < -0.3 is 5.73 Å². The van der Waals surface area contributed by atoms with Crippen molar-refractivity contribution < 1.29 is 8.42 Å². The van der Waals surface area contributed by atoms with Gasteiger partial charge in [-0.25, -0.2) is 18.4 Å². The molecule has 2 aromatic heterocycles. The molecule has 0 amide bonds. The van der Waals surface area contributed by atoms with Crippen molar-refractivity contribution in [3.63, 3.8) is 0 Å². The summed E-state index contributed by atoms with van der Waals surface area (Å²) >= 11 is 6.15. The molecule has 0 aliphatic carbocycles. The van der Waals surface area contributed by atoms with E-state index in [4.69, 9.17) is 17.3 Å². The highest BCUT2D eigenvalue weighted by atomic mass is 35.5. The van der Waals surface area contributed by atoms with Crippen molar-refractivity contribution in [2.24, 2.45) is 0 Å². The van der Waals surface area contributed by atoms with Crippen LogP contribution in [0, 0.1) is 6.92 Å². The molecular formula is C16H14ClN5O2S. The summed E-state index contributed by atoms with van der Waals surface area (Å²) in [5, 5.41) is 0.269. The molecule has 0 bridgehead atoms. The molecule has 0 atom stereocenters. The second kappa shape index (κ2) is 6.66. The monoisotopic (exact) mass is 375 g/mol. The molecule has 3 N–H and O–H groups in total. The normalized spacial score (nSPS) is 11.3. The van der Waals surface area contributed by atoms with Crippen molar-refractivity contribution in [3.05, 3.63) is 59.6 Å². The first-order chi connectivity index (χ1) is 11.9. The molecule has 2 heterocycles. The van der Waals surface area contributed by atoms with E-state index in [0.29, 0.717) is 11.3 Å². The van der Waals surface area contributed by atoms with Crippen LogP contribution >= 0.6 is 11.6 Å². The maximum atomic E-state index is 12.5. The molecule has 128 valence electrons. The number of nitrogens with zero attached hydrogens (tertiary/aromatic N) is 3. The molecule has 0 spiro atoms. The van der Waals surface area contributed by atoms with E-state index in [1.165, 1.54) is 18.5 Å². The highest BCUT2D eigenvalue weighted by molar-refractivity contribution is 7.92. The van der Waals surface area contributed by atoms with Gasteiger partial charge in [-0.1, -0.05) is 17.7 Å². The summed E-state index contributed by atoms with van der Waals surface area (Å²) in [6.45, 7) is 1.79. The number of rotatable bonds is 4. The van der Waals surface area contributed by atoms with E-state index < -0.39 is 10.0 Å². The van der Waals surface area contributed by atoms with Gasteiger partial charge in [-0.3, -0.25) is 9.71 Å². The zero-order valence-corrected chi connectivity index (χ0v) is 14.7. The topological polar surface area (TPSA) is 111 Å². The van der Waals surface area contributed by atoms with Crippen LogP contribution in [0.15, 0.2) is 53.8 Å². The Morgan fingerprint density at radius 3 is 2.68 bits per heavy atom. The smallest absolute Gasteiger partial charge is 0.263 e. The summed E-state index contributed by atoms with van der Waals surface area (Å²) in [4.78, 5) is 12.0. The van der Waals surface area contributed by atoms with Gasteiger partial charge in [0.15, 0.2) is 0 Å². The van der Waals surface area contributed by atoms with Crippen LogP contribution < -0.4 is 10.5 Å². The number of aryl methyl sites for hydroxylation is 1. The molecule has 0 saturated heterocycles. The van der Waals surface area contributed by atoms with Gasteiger partial charge in [0.1, 0.15) is 4.90 Å². The quantitative estimate of drug-likeness (QED) is 0.725. The Morgan fingerprint density at radius 2 is 2.00 bits per heavy atom. The van der Waals surface area contributed by atoms with Crippen LogP contribution in [0.1, 0.15) is 5.69 Å². The first-order valence-corrected chi connectivity index (χ1v) is 9.05. The summed E-state index contributed by atoms with van der Waals surface area (Å²) in [6.07, 6.45) is 4.34. The Kier molecular flexibility index (Phi) is 4.56. The molecule has 0 saturated carbocycles. The molecule has 9 heteroatoms. The fourth-order valence-corrected chi connectivity index (χ4v) is 3.50. The Labute approximate surface area is 150 Å². The van der Waals surface area contributed by atoms with Crippen LogP contribution in [0.4, 0.5) is 11.6 Å². The number of aromatic nitrogens is 3. The van der Waals surface area contributed by atoms with Crippen molar-refractivity contribution in [1.82, 2.24) is 15.0 Å². The van der Waals surface area contributed by atoms with Gasteiger partial charge >= 0.3 is 0 Å². The van der Waals surface area contributed by atoms with Crippen LogP contribution in [0.25, 0.3) is 11.1 Å². The van der Waals surface area contributed by atoms with Gasteiger partial charge in [0.25, 0.3) is 10.0 Å². The Morgan fingerprint density at radius 1 is 1.20 bits per heavy atom. The molecule has 0 aliphatic heterocycles. The largest absolute Gasteiger partial charge is 0.368 e. The maximum absolute atomic E-state index is 12.5. The number of hydrogen-bond acceptors (Lipinski definition) is 6. The van der Waals surface area contributed by atoms with Crippen LogP contribution in [-0.4, -0.2) is 23.4 Å². The molecule has 3 rings (SSSR count). The standard InChI is InChI=1S/C16H14ClN5O2S/c1-10-13(9-20-16(18)21-10)11-4-5-14(17)15(7-11)22-25(23,24)12-3-2-6-19-8-12/h2-9,22H,1H3,(H2,18,20,21). The minimum atomic E-state index is -3.80. The Balaban J connectivity index is 2.00. The van der Waals surface area contributed by atoms with Crippen LogP contribution in [0.3, 0.4) is 0 Å². The van der Waals surface area contributed by atoms with Gasteiger partial charge in [-0.2, -0.15) is 0 Å². The zero-order chi connectivity index (χ0) is 18.0. The molecule has 25 heavy (non-hydrogen) atoms. The maximum Gasteiger partial charge on any atom is 0.263 e. The number of nitrogens with one attached hydrogen (secondary N) is 1. The predicted molar refractivity (Wildman–Crippen MR) is 96.7 cm³/mol. The average Bonchev–Trinajstić information content (AvgIpc) is 2.58. The van der Waals surface area contributed by atoms with E-state index >= 15 is 0 Å². The Bertz CT molecular complexity index is 1030. The molecular weight excluding hydrogens is 362 g/mol. The first-order valence-electron chi connectivity index (χ1n) is 7.19. The lowest BCUT2D eigenvalue weighted by atomic mass is 10.1. The SMILES string of the molecule is Cc1nc(N)ncc1-c1ccc(Cl)c(NS(=O)(=O)c2cccnc2)c1. The van der Waals surface area contributed by atoms with Gasteiger partial charge in [-0.15, -0.1) is 0 Å². The fourth-order valence-electron chi connectivity index (χ4n) is 2.25. The van der Waals surface area contributed by atoms with E-state index in [1.807, 2.05) is 0 Å². The lowest BCUT2D eigenvalue weighted by molar-refractivity contribution is 0.601. The summed E-state index contributed by atoms with van der Waals surface area (Å²) in [5.74, 6) is 0.174.